The highest BCUT2D eigenvalue weighted by molar-refractivity contribution is 7.94. The third-order valence-corrected chi connectivity index (χ3v) is 7.28. The van der Waals surface area contributed by atoms with Gasteiger partial charge in [0.15, 0.2) is 0 Å². The number of hydrogen-bond acceptors (Lipinski definition) is 4. The van der Waals surface area contributed by atoms with Crippen LogP contribution in [0.3, 0.4) is 0 Å². The quantitative estimate of drug-likeness (QED) is 0.887. The summed E-state index contributed by atoms with van der Waals surface area (Å²) in [4.78, 5) is 0. The molecule has 0 bridgehead atoms. The van der Waals surface area contributed by atoms with Gasteiger partial charge < -0.3 is 0 Å². The second-order valence-corrected chi connectivity index (χ2v) is 9.06. The van der Waals surface area contributed by atoms with Crippen molar-refractivity contribution in [3.63, 3.8) is 0 Å². The molecule has 1 aromatic carbocycles. The predicted octanol–water partition coefficient (Wildman–Crippen LogP) is 0.861. The summed E-state index contributed by atoms with van der Waals surface area (Å²) in [6, 6.07) is 2.22. The molecule has 0 amide bonds. The van der Waals surface area contributed by atoms with Crippen molar-refractivity contribution in [2.45, 2.75) is 18.1 Å². The molecule has 116 valence electrons. The third kappa shape index (κ3) is 2.13. The van der Waals surface area contributed by atoms with Crippen molar-refractivity contribution in [3.8, 4) is 0 Å². The molecule has 0 spiro atoms. The molecule has 3 rings (SSSR count). The first-order valence-electron chi connectivity index (χ1n) is 6.22. The fourth-order valence-corrected chi connectivity index (χ4v) is 4.72. The molecule has 7 nitrogen and oxygen atoms in total. The van der Waals surface area contributed by atoms with Gasteiger partial charge in [-0.25, -0.2) is 12.8 Å². The normalized spacial score (nSPS) is 20.5. The van der Waals surface area contributed by atoms with Crippen LogP contribution in [0.1, 0.15) is 12.8 Å². The van der Waals surface area contributed by atoms with Crippen LogP contribution in [0.25, 0.3) is 0 Å². The van der Waals surface area contributed by atoms with E-state index in [-0.39, 0.29) is 17.1 Å². The Morgan fingerprint density at radius 2 is 1.71 bits per heavy atom. The van der Waals surface area contributed by atoms with Crippen molar-refractivity contribution in [3.05, 3.63) is 17.9 Å². The molecule has 10 heteroatoms. The molecular weight excluding hydrogens is 321 g/mol. The summed E-state index contributed by atoms with van der Waals surface area (Å²) in [6.45, 7) is 0. The molecule has 1 fully saturated rings. The number of hydrogen-bond donors (Lipinski definition) is 1. The number of fused-ring (bicyclic) bond motifs is 1. The molecule has 1 N–H and O–H groups in total. The minimum absolute atomic E-state index is 0.171. The zero-order valence-electron chi connectivity index (χ0n) is 11.4. The lowest BCUT2D eigenvalue weighted by molar-refractivity contribution is 0.594. The lowest BCUT2D eigenvalue weighted by Gasteiger charge is -2.13. The highest BCUT2D eigenvalue weighted by atomic mass is 32.2. The maximum Gasteiger partial charge on any atom is 0.326 e. The SMILES string of the molecule is CN1c2cc(F)c(NS(=O)(=O)C3CC3)cc2N(C)S1(=O)=O. The fourth-order valence-electron chi connectivity index (χ4n) is 2.18. The Hall–Kier alpha value is -1.55. The zero-order chi connectivity index (χ0) is 15.6. The van der Waals surface area contributed by atoms with Gasteiger partial charge in [0, 0.05) is 20.2 Å². The van der Waals surface area contributed by atoms with Crippen molar-refractivity contribution in [1.29, 1.82) is 0 Å². The topological polar surface area (TPSA) is 86.8 Å². The first-order valence-corrected chi connectivity index (χ1v) is 9.17. The number of nitrogens with one attached hydrogen (secondary N) is 1. The maximum atomic E-state index is 14.0. The van der Waals surface area contributed by atoms with Crippen molar-refractivity contribution in [2.24, 2.45) is 0 Å². The molecule has 1 aromatic rings. The summed E-state index contributed by atoms with van der Waals surface area (Å²) in [5.41, 5.74) is 0.162. The van der Waals surface area contributed by atoms with Crippen LogP contribution in [0, 0.1) is 5.82 Å². The van der Waals surface area contributed by atoms with E-state index in [9.17, 15) is 21.2 Å². The predicted molar refractivity (Wildman–Crippen MR) is 77.7 cm³/mol. The van der Waals surface area contributed by atoms with Gasteiger partial charge in [-0.3, -0.25) is 13.3 Å². The van der Waals surface area contributed by atoms with Gasteiger partial charge in [0.2, 0.25) is 10.0 Å². The molecular formula is C11H14FN3O4S2. The number of benzene rings is 1. The highest BCUT2D eigenvalue weighted by Crippen LogP contribution is 2.42. The summed E-state index contributed by atoms with van der Waals surface area (Å²) in [7, 11) is -4.69. The Morgan fingerprint density at radius 1 is 1.19 bits per heavy atom. The second-order valence-electron chi connectivity index (χ2n) is 5.11. The van der Waals surface area contributed by atoms with E-state index in [2.05, 4.69) is 4.72 Å². The van der Waals surface area contributed by atoms with Crippen LogP contribution in [0.4, 0.5) is 21.5 Å². The Kier molecular flexibility index (Phi) is 2.90. The van der Waals surface area contributed by atoms with Gasteiger partial charge in [-0.05, 0) is 18.9 Å². The van der Waals surface area contributed by atoms with Gasteiger partial charge in [0.25, 0.3) is 0 Å². The van der Waals surface area contributed by atoms with Gasteiger partial charge in [0.1, 0.15) is 5.82 Å². The van der Waals surface area contributed by atoms with Crippen LogP contribution < -0.4 is 13.3 Å². The van der Waals surface area contributed by atoms with Gasteiger partial charge >= 0.3 is 10.2 Å². The summed E-state index contributed by atoms with van der Waals surface area (Å²) < 4.78 is 65.8. The van der Waals surface area contributed by atoms with Crippen LogP contribution in [-0.2, 0) is 20.2 Å². The summed E-state index contributed by atoms with van der Waals surface area (Å²) in [5.74, 6) is -0.810. The molecule has 0 aromatic heterocycles. The number of nitrogens with zero attached hydrogens (tertiary/aromatic N) is 2. The van der Waals surface area contributed by atoms with E-state index in [0.29, 0.717) is 12.8 Å². The van der Waals surface area contributed by atoms with E-state index in [1.807, 2.05) is 0 Å². The van der Waals surface area contributed by atoms with Crippen LogP contribution in [0.5, 0.6) is 0 Å². The lowest BCUT2D eigenvalue weighted by atomic mass is 10.2. The molecule has 1 heterocycles. The highest BCUT2D eigenvalue weighted by Gasteiger charge is 2.39. The number of rotatable bonds is 3. The third-order valence-electron chi connectivity index (χ3n) is 3.65. The van der Waals surface area contributed by atoms with Gasteiger partial charge in [-0.15, -0.1) is 0 Å². The first-order chi connectivity index (χ1) is 9.64. The largest absolute Gasteiger partial charge is 0.326 e. The van der Waals surface area contributed by atoms with Gasteiger partial charge in [-0.1, -0.05) is 0 Å². The van der Waals surface area contributed by atoms with Crippen molar-refractivity contribution in [1.82, 2.24) is 0 Å². The summed E-state index contributed by atoms with van der Waals surface area (Å²) in [6.07, 6.45) is 1.11. The summed E-state index contributed by atoms with van der Waals surface area (Å²) in [5, 5.41) is -0.491. The van der Waals surface area contributed by atoms with E-state index in [0.717, 1.165) is 14.7 Å². The van der Waals surface area contributed by atoms with Crippen LogP contribution >= 0.6 is 0 Å². The molecule has 1 saturated carbocycles. The minimum Gasteiger partial charge on any atom is -0.280 e. The molecule has 0 radical (unpaired) electrons. The molecule has 0 saturated heterocycles. The van der Waals surface area contributed by atoms with Crippen LogP contribution in [0.15, 0.2) is 12.1 Å². The average molecular weight is 335 g/mol. The van der Waals surface area contributed by atoms with Crippen molar-refractivity contribution >= 4 is 37.3 Å². The van der Waals surface area contributed by atoms with E-state index in [4.69, 9.17) is 0 Å². The van der Waals surface area contributed by atoms with Crippen molar-refractivity contribution in [2.75, 3.05) is 27.4 Å². The summed E-state index contributed by atoms with van der Waals surface area (Å²) >= 11 is 0. The van der Waals surface area contributed by atoms with Crippen LogP contribution in [-0.4, -0.2) is 36.2 Å². The number of sulfonamides is 1. The standard InChI is InChI=1S/C11H14FN3O4S2/c1-14-10-5-8(12)9(13-20(16,17)7-3-4-7)6-11(10)15(2)21(14,18)19/h5-7,13H,3-4H2,1-2H3. The zero-order valence-corrected chi connectivity index (χ0v) is 13.0. The first kappa shape index (κ1) is 14.4. The number of anilines is 3. The van der Waals surface area contributed by atoms with E-state index in [1.54, 1.807) is 0 Å². The Bertz CT molecular complexity index is 818. The second kappa shape index (κ2) is 4.23. The Labute approximate surface area is 122 Å². The molecule has 21 heavy (non-hydrogen) atoms. The van der Waals surface area contributed by atoms with Crippen molar-refractivity contribution < 1.29 is 21.2 Å². The molecule has 1 aliphatic carbocycles. The molecule has 0 atom stereocenters. The Morgan fingerprint density at radius 3 is 2.24 bits per heavy atom. The molecule has 1 aliphatic heterocycles. The lowest BCUT2D eigenvalue weighted by Crippen LogP contribution is -2.32. The smallest absolute Gasteiger partial charge is 0.280 e. The monoisotopic (exact) mass is 335 g/mol. The molecule has 0 unspecified atom stereocenters. The van der Waals surface area contributed by atoms with Gasteiger partial charge in [0.05, 0.1) is 22.3 Å². The van der Waals surface area contributed by atoms with E-state index in [1.165, 1.54) is 20.2 Å². The minimum atomic E-state index is -3.72. The van der Waals surface area contributed by atoms with E-state index < -0.39 is 31.3 Å². The van der Waals surface area contributed by atoms with Crippen LogP contribution in [0.2, 0.25) is 0 Å². The fraction of sp³-hybridized carbons (Fsp3) is 0.455. The Balaban J connectivity index is 2.05. The maximum absolute atomic E-state index is 14.0. The molecule has 2 aliphatic rings. The number of halogens is 1. The van der Waals surface area contributed by atoms with E-state index >= 15 is 0 Å². The van der Waals surface area contributed by atoms with Gasteiger partial charge in [-0.2, -0.15) is 8.42 Å². The average Bonchev–Trinajstić information content (AvgIpc) is 3.20.